The lowest BCUT2D eigenvalue weighted by Crippen LogP contribution is -2.50. The van der Waals surface area contributed by atoms with Crippen LogP contribution in [0.1, 0.15) is 4.88 Å². The molecule has 2 heterocycles. The number of aromatic nitrogens is 1. The molecule has 1 fully saturated rings. The Morgan fingerprint density at radius 2 is 1.96 bits per heavy atom. The lowest BCUT2D eigenvalue weighted by atomic mass is 10.3. The number of amides is 1. The molecule has 0 saturated carbocycles. The largest absolute Gasteiger partial charge is 0.484 e. The Labute approximate surface area is 144 Å². The summed E-state index contributed by atoms with van der Waals surface area (Å²) in [6.45, 7) is 5.11. The van der Waals surface area contributed by atoms with Crippen molar-refractivity contribution in [2.24, 2.45) is 0 Å². The van der Waals surface area contributed by atoms with Crippen LogP contribution in [-0.4, -0.2) is 48.6 Å². The van der Waals surface area contributed by atoms with E-state index < -0.39 is 0 Å². The highest BCUT2D eigenvalue weighted by Crippen LogP contribution is 2.22. The molecular formula is C16H18ClN3O2S. The minimum Gasteiger partial charge on any atom is -0.484 e. The van der Waals surface area contributed by atoms with Gasteiger partial charge in [-0.25, -0.2) is 4.98 Å². The van der Waals surface area contributed by atoms with E-state index in [9.17, 15) is 4.79 Å². The monoisotopic (exact) mass is 351 g/mol. The highest BCUT2D eigenvalue weighted by molar-refractivity contribution is 7.15. The number of anilines is 1. The number of piperazine rings is 1. The second-order valence-corrected chi connectivity index (χ2v) is 7.01. The van der Waals surface area contributed by atoms with Crippen LogP contribution in [0.5, 0.6) is 5.75 Å². The smallest absolute Gasteiger partial charge is 0.260 e. The Balaban J connectivity index is 1.47. The van der Waals surface area contributed by atoms with Crippen molar-refractivity contribution in [3.05, 3.63) is 40.4 Å². The Bertz CT molecular complexity index is 666. The van der Waals surface area contributed by atoms with Crippen molar-refractivity contribution in [1.82, 2.24) is 9.88 Å². The Morgan fingerprint density at radius 1 is 1.26 bits per heavy atom. The Hall–Kier alpha value is -1.79. The van der Waals surface area contributed by atoms with E-state index in [0.29, 0.717) is 23.9 Å². The molecule has 0 N–H and O–H groups in total. The topological polar surface area (TPSA) is 45.7 Å². The van der Waals surface area contributed by atoms with Gasteiger partial charge in [0, 0.05) is 42.3 Å². The molecule has 1 aromatic heterocycles. The van der Waals surface area contributed by atoms with Gasteiger partial charge >= 0.3 is 0 Å². The number of nitrogens with zero attached hydrogens (tertiary/aromatic N) is 3. The fraction of sp³-hybridized carbons (Fsp3) is 0.375. The van der Waals surface area contributed by atoms with Gasteiger partial charge in [-0.15, -0.1) is 11.3 Å². The van der Waals surface area contributed by atoms with Crippen molar-refractivity contribution in [2.75, 3.05) is 37.7 Å². The first-order valence-electron chi connectivity index (χ1n) is 7.45. The van der Waals surface area contributed by atoms with Crippen molar-refractivity contribution in [3.8, 4) is 5.75 Å². The lowest BCUT2D eigenvalue weighted by Gasteiger charge is -2.34. The van der Waals surface area contributed by atoms with E-state index in [1.165, 1.54) is 4.88 Å². The fourth-order valence-corrected chi connectivity index (χ4v) is 3.34. The SMILES string of the molecule is Cc1cnc(N2CCN(C(=O)COc3ccc(Cl)cc3)CC2)s1. The van der Waals surface area contributed by atoms with Gasteiger partial charge in [0.2, 0.25) is 0 Å². The van der Waals surface area contributed by atoms with Crippen LogP contribution < -0.4 is 9.64 Å². The van der Waals surface area contributed by atoms with Crippen LogP contribution in [0.3, 0.4) is 0 Å². The summed E-state index contributed by atoms with van der Waals surface area (Å²) in [6.07, 6.45) is 1.89. The maximum atomic E-state index is 12.2. The van der Waals surface area contributed by atoms with E-state index in [-0.39, 0.29) is 12.5 Å². The predicted molar refractivity (Wildman–Crippen MR) is 92.6 cm³/mol. The molecule has 1 aromatic carbocycles. The molecule has 122 valence electrons. The number of thiazole rings is 1. The van der Waals surface area contributed by atoms with Gasteiger partial charge in [-0.05, 0) is 31.2 Å². The van der Waals surface area contributed by atoms with Crippen LogP contribution in [0, 0.1) is 6.92 Å². The molecule has 3 rings (SSSR count). The molecule has 0 spiro atoms. The zero-order valence-corrected chi connectivity index (χ0v) is 14.4. The maximum Gasteiger partial charge on any atom is 0.260 e. The van der Waals surface area contributed by atoms with Crippen LogP contribution in [0.15, 0.2) is 30.5 Å². The van der Waals surface area contributed by atoms with Crippen molar-refractivity contribution >= 4 is 34.0 Å². The molecule has 0 unspecified atom stereocenters. The summed E-state index contributed by atoms with van der Waals surface area (Å²) in [5, 5.41) is 1.68. The van der Waals surface area contributed by atoms with Crippen molar-refractivity contribution < 1.29 is 9.53 Å². The molecule has 1 aliphatic heterocycles. The molecule has 0 atom stereocenters. The van der Waals surface area contributed by atoms with Gasteiger partial charge in [0.05, 0.1) is 0 Å². The summed E-state index contributed by atoms with van der Waals surface area (Å²) < 4.78 is 5.52. The molecular weight excluding hydrogens is 334 g/mol. The molecule has 0 bridgehead atoms. The van der Waals surface area contributed by atoms with Gasteiger partial charge in [-0.1, -0.05) is 11.6 Å². The van der Waals surface area contributed by atoms with Crippen LogP contribution in [0.4, 0.5) is 5.13 Å². The first-order chi connectivity index (χ1) is 11.1. The number of rotatable bonds is 4. The number of benzene rings is 1. The van der Waals surface area contributed by atoms with E-state index in [4.69, 9.17) is 16.3 Å². The highest BCUT2D eigenvalue weighted by atomic mass is 35.5. The minimum atomic E-state index is 0.00918. The van der Waals surface area contributed by atoms with E-state index in [2.05, 4.69) is 16.8 Å². The zero-order valence-electron chi connectivity index (χ0n) is 12.9. The van der Waals surface area contributed by atoms with E-state index in [1.807, 2.05) is 11.1 Å². The van der Waals surface area contributed by atoms with E-state index in [0.717, 1.165) is 18.2 Å². The molecule has 0 radical (unpaired) electrons. The third kappa shape index (κ3) is 4.14. The van der Waals surface area contributed by atoms with Crippen molar-refractivity contribution in [2.45, 2.75) is 6.92 Å². The summed E-state index contributed by atoms with van der Waals surface area (Å²) in [4.78, 5) is 21.9. The van der Waals surface area contributed by atoms with Crippen LogP contribution in [0.2, 0.25) is 5.02 Å². The fourth-order valence-electron chi connectivity index (χ4n) is 2.40. The third-order valence-electron chi connectivity index (χ3n) is 3.69. The second-order valence-electron chi connectivity index (χ2n) is 5.36. The number of hydrogen-bond acceptors (Lipinski definition) is 5. The number of hydrogen-bond donors (Lipinski definition) is 0. The van der Waals surface area contributed by atoms with Crippen LogP contribution in [0.25, 0.3) is 0 Å². The maximum absolute atomic E-state index is 12.2. The minimum absolute atomic E-state index is 0.00918. The molecule has 1 aliphatic rings. The van der Waals surface area contributed by atoms with Gasteiger partial charge in [-0.2, -0.15) is 0 Å². The van der Waals surface area contributed by atoms with E-state index in [1.54, 1.807) is 35.6 Å². The molecule has 0 aliphatic carbocycles. The first-order valence-corrected chi connectivity index (χ1v) is 8.65. The van der Waals surface area contributed by atoms with Crippen molar-refractivity contribution in [1.29, 1.82) is 0 Å². The summed E-state index contributed by atoms with van der Waals surface area (Å²) in [6, 6.07) is 7.02. The van der Waals surface area contributed by atoms with Crippen LogP contribution in [-0.2, 0) is 4.79 Å². The van der Waals surface area contributed by atoms with E-state index >= 15 is 0 Å². The normalized spacial score (nSPS) is 14.9. The molecule has 5 nitrogen and oxygen atoms in total. The molecule has 23 heavy (non-hydrogen) atoms. The highest BCUT2D eigenvalue weighted by Gasteiger charge is 2.22. The van der Waals surface area contributed by atoms with Crippen molar-refractivity contribution in [3.63, 3.8) is 0 Å². The zero-order chi connectivity index (χ0) is 16.2. The molecule has 2 aromatic rings. The Morgan fingerprint density at radius 3 is 2.57 bits per heavy atom. The predicted octanol–water partition coefficient (Wildman–Crippen LogP) is 2.83. The van der Waals surface area contributed by atoms with Crippen LogP contribution >= 0.6 is 22.9 Å². The van der Waals surface area contributed by atoms with Gasteiger partial charge in [-0.3, -0.25) is 4.79 Å². The average Bonchev–Trinajstić information content (AvgIpc) is 3.01. The quantitative estimate of drug-likeness (QED) is 0.849. The van der Waals surface area contributed by atoms with Gasteiger partial charge < -0.3 is 14.5 Å². The average molecular weight is 352 g/mol. The number of carbonyl (C=O) groups excluding carboxylic acids is 1. The molecule has 7 heteroatoms. The summed E-state index contributed by atoms with van der Waals surface area (Å²) in [5.41, 5.74) is 0. The molecule has 1 saturated heterocycles. The molecule has 1 amide bonds. The number of ether oxygens (including phenoxy) is 1. The summed E-state index contributed by atoms with van der Waals surface area (Å²) in [5.74, 6) is 0.662. The van der Waals surface area contributed by atoms with Gasteiger partial charge in [0.15, 0.2) is 11.7 Å². The standard InChI is InChI=1S/C16H18ClN3O2S/c1-12-10-18-16(23-12)20-8-6-19(7-9-20)15(21)11-22-14-4-2-13(17)3-5-14/h2-5,10H,6-9,11H2,1H3. The number of aryl methyl sites for hydroxylation is 1. The number of carbonyl (C=O) groups is 1. The summed E-state index contributed by atoms with van der Waals surface area (Å²) in [7, 11) is 0. The van der Waals surface area contributed by atoms with Gasteiger partial charge in [0.25, 0.3) is 5.91 Å². The third-order valence-corrected chi connectivity index (χ3v) is 4.91. The lowest BCUT2D eigenvalue weighted by molar-refractivity contribution is -0.133. The number of halogens is 1. The van der Waals surface area contributed by atoms with Gasteiger partial charge in [0.1, 0.15) is 5.75 Å². The second kappa shape index (κ2) is 7.19. The summed E-state index contributed by atoms with van der Waals surface area (Å²) >= 11 is 7.51. The first kappa shape index (κ1) is 16.1. The Kier molecular flexibility index (Phi) is 5.03.